The van der Waals surface area contributed by atoms with E-state index in [1.165, 1.54) is 0 Å². The van der Waals surface area contributed by atoms with Gasteiger partial charge in [0.1, 0.15) is 5.70 Å². The average molecular weight is 317 g/mol. The van der Waals surface area contributed by atoms with Gasteiger partial charge in [-0.2, -0.15) is 13.2 Å². The van der Waals surface area contributed by atoms with Crippen LogP contribution in [0.2, 0.25) is 0 Å². The van der Waals surface area contributed by atoms with Crippen molar-refractivity contribution in [2.24, 2.45) is 23.0 Å². The largest absolute Gasteiger partial charge is 0.431 e. The number of nitrogens with zero attached hydrogens (tertiary/aromatic N) is 1. The van der Waals surface area contributed by atoms with E-state index in [1.54, 1.807) is 0 Å². The van der Waals surface area contributed by atoms with Gasteiger partial charge in [0.15, 0.2) is 0 Å². The van der Waals surface area contributed by atoms with Crippen molar-refractivity contribution in [1.82, 2.24) is 4.90 Å². The van der Waals surface area contributed by atoms with Crippen LogP contribution in [-0.4, -0.2) is 36.4 Å². The lowest BCUT2D eigenvalue weighted by atomic mass is 9.96. The highest BCUT2D eigenvalue weighted by molar-refractivity contribution is 5.77. The van der Waals surface area contributed by atoms with E-state index in [9.17, 15) is 13.2 Å². The Balaban J connectivity index is 1.93. The molecule has 0 aromatic rings. The summed E-state index contributed by atoms with van der Waals surface area (Å²) in [5.41, 5.74) is 4.34. The molecule has 0 amide bonds. The second kappa shape index (κ2) is 5.87. The van der Waals surface area contributed by atoms with Gasteiger partial charge >= 0.3 is 6.18 Å². The fourth-order valence-electron chi connectivity index (χ4n) is 4.10. The molecule has 0 radical (unpaired) electrons. The van der Waals surface area contributed by atoms with Crippen LogP contribution in [0.25, 0.3) is 0 Å². The summed E-state index contributed by atoms with van der Waals surface area (Å²) in [4.78, 5) is 2.25. The van der Waals surface area contributed by atoms with Crippen LogP contribution in [-0.2, 0) is 0 Å². The van der Waals surface area contributed by atoms with Crippen LogP contribution >= 0.6 is 0 Å². The number of hydrogen-bond donors (Lipinski definition) is 2. The van der Waals surface area contributed by atoms with E-state index in [0.717, 1.165) is 37.4 Å². The van der Waals surface area contributed by atoms with Crippen LogP contribution in [0.3, 0.4) is 0 Å². The second-order valence-corrected chi connectivity index (χ2v) is 7.12. The predicted octanol–water partition coefficient (Wildman–Crippen LogP) is 3.56. The zero-order chi connectivity index (χ0) is 16.7. The zero-order valence-corrected chi connectivity index (χ0v) is 13.5. The highest BCUT2D eigenvalue weighted by Crippen LogP contribution is 2.67. The van der Waals surface area contributed by atoms with Crippen molar-refractivity contribution in [1.29, 1.82) is 5.41 Å². The molecule has 22 heavy (non-hydrogen) atoms. The van der Waals surface area contributed by atoms with Crippen LogP contribution in [0.4, 0.5) is 13.2 Å². The highest BCUT2D eigenvalue weighted by atomic mass is 19.4. The minimum atomic E-state index is -4.55. The van der Waals surface area contributed by atoms with Gasteiger partial charge in [0, 0.05) is 18.8 Å². The molecule has 126 valence electrons. The molecule has 2 saturated carbocycles. The third kappa shape index (κ3) is 3.16. The van der Waals surface area contributed by atoms with Gasteiger partial charge in [0.2, 0.25) is 0 Å². The van der Waals surface area contributed by atoms with Crippen LogP contribution in [0, 0.1) is 22.7 Å². The van der Waals surface area contributed by atoms with Gasteiger partial charge < -0.3 is 16.0 Å². The van der Waals surface area contributed by atoms with Gasteiger partial charge in [-0.1, -0.05) is 20.8 Å². The molecule has 3 nitrogen and oxygen atoms in total. The SMILES string of the molecule is CCN(CC/C(C=N)=C(/N)C(F)(F)F)C1CC2[C@@H](C1)C2(C)C. The van der Waals surface area contributed by atoms with Crippen molar-refractivity contribution < 1.29 is 13.2 Å². The van der Waals surface area contributed by atoms with Gasteiger partial charge in [-0.3, -0.25) is 0 Å². The first-order chi connectivity index (χ1) is 10.1. The van der Waals surface area contributed by atoms with E-state index in [-0.39, 0.29) is 12.0 Å². The Bertz CT molecular complexity index is 454. The Kier molecular flexibility index (Phi) is 4.62. The molecule has 2 aliphatic carbocycles. The molecule has 2 aliphatic rings. The number of fused-ring (bicyclic) bond motifs is 1. The first-order valence-electron chi connectivity index (χ1n) is 7.93. The summed E-state index contributed by atoms with van der Waals surface area (Å²) in [5.74, 6) is 1.54. The molecule has 0 aliphatic heterocycles. The summed E-state index contributed by atoms with van der Waals surface area (Å²) in [7, 11) is 0. The summed E-state index contributed by atoms with van der Waals surface area (Å²) in [6.45, 7) is 7.99. The molecule has 0 spiro atoms. The zero-order valence-electron chi connectivity index (χ0n) is 13.5. The summed E-state index contributed by atoms with van der Waals surface area (Å²) >= 11 is 0. The normalized spacial score (nSPS) is 31.0. The van der Waals surface area contributed by atoms with Crippen LogP contribution in [0.1, 0.15) is 40.0 Å². The average Bonchev–Trinajstić information content (AvgIpc) is 2.81. The van der Waals surface area contributed by atoms with Crippen LogP contribution in [0.5, 0.6) is 0 Å². The molecule has 3 N–H and O–H groups in total. The fourth-order valence-corrected chi connectivity index (χ4v) is 4.10. The molecule has 6 heteroatoms. The molecule has 0 heterocycles. The van der Waals surface area contributed by atoms with E-state index in [4.69, 9.17) is 11.1 Å². The Labute approximate surface area is 130 Å². The number of rotatable bonds is 6. The van der Waals surface area contributed by atoms with Crippen molar-refractivity contribution in [3.05, 3.63) is 11.3 Å². The minimum Gasteiger partial charge on any atom is -0.394 e. The Hall–Kier alpha value is -1.04. The van der Waals surface area contributed by atoms with Gasteiger partial charge in [0.25, 0.3) is 0 Å². The maximum Gasteiger partial charge on any atom is 0.431 e. The van der Waals surface area contributed by atoms with Crippen molar-refractivity contribution in [3.63, 3.8) is 0 Å². The first kappa shape index (κ1) is 17.3. The molecule has 2 unspecified atom stereocenters. The molecule has 2 rings (SSSR count). The van der Waals surface area contributed by atoms with E-state index < -0.39 is 11.9 Å². The van der Waals surface area contributed by atoms with E-state index in [0.29, 0.717) is 18.0 Å². The van der Waals surface area contributed by atoms with Gasteiger partial charge in [0.05, 0.1) is 0 Å². The molecule has 0 aromatic heterocycles. The molecule has 2 fully saturated rings. The summed E-state index contributed by atoms with van der Waals surface area (Å²) < 4.78 is 37.9. The van der Waals surface area contributed by atoms with E-state index in [2.05, 4.69) is 18.7 Å². The number of alkyl halides is 3. The highest BCUT2D eigenvalue weighted by Gasteiger charge is 2.62. The maximum atomic E-state index is 12.6. The summed E-state index contributed by atoms with van der Waals surface area (Å²) in [5, 5.41) is 7.19. The van der Waals surface area contributed by atoms with Gasteiger partial charge in [-0.05, 0) is 48.6 Å². The number of allylic oxidation sites excluding steroid dienone is 1. The maximum absolute atomic E-state index is 12.6. The number of nitrogens with one attached hydrogen (secondary N) is 1. The fraction of sp³-hybridized carbons (Fsp3) is 0.812. The number of nitrogens with two attached hydrogens (primary N) is 1. The molecule has 3 atom stereocenters. The van der Waals surface area contributed by atoms with Gasteiger partial charge in [-0.25, -0.2) is 0 Å². The minimum absolute atomic E-state index is 0.116. The lowest BCUT2D eigenvalue weighted by molar-refractivity contribution is -0.0933. The molecule has 0 bridgehead atoms. The number of halogens is 3. The van der Waals surface area contributed by atoms with Crippen molar-refractivity contribution in [2.45, 2.75) is 52.3 Å². The van der Waals surface area contributed by atoms with E-state index >= 15 is 0 Å². The molecule has 0 saturated heterocycles. The van der Waals surface area contributed by atoms with Crippen LogP contribution in [0.15, 0.2) is 11.3 Å². The van der Waals surface area contributed by atoms with E-state index in [1.807, 2.05) is 6.92 Å². The Morgan fingerprint density at radius 3 is 2.27 bits per heavy atom. The summed E-state index contributed by atoms with van der Waals surface area (Å²) in [6.07, 6.45) is -1.35. The molecular weight excluding hydrogens is 291 g/mol. The van der Waals surface area contributed by atoms with Crippen molar-refractivity contribution in [3.8, 4) is 0 Å². The second-order valence-electron chi connectivity index (χ2n) is 7.12. The molecular formula is C16H26F3N3. The Morgan fingerprint density at radius 1 is 1.32 bits per heavy atom. The number of hydrogen-bond acceptors (Lipinski definition) is 3. The third-order valence-electron chi connectivity index (χ3n) is 5.76. The molecule has 0 aromatic carbocycles. The summed E-state index contributed by atoms with van der Waals surface area (Å²) in [6, 6.07) is 0.465. The van der Waals surface area contributed by atoms with Gasteiger partial charge in [-0.15, -0.1) is 0 Å². The topological polar surface area (TPSA) is 53.1 Å². The van der Waals surface area contributed by atoms with Crippen LogP contribution < -0.4 is 5.73 Å². The third-order valence-corrected chi connectivity index (χ3v) is 5.76. The monoisotopic (exact) mass is 317 g/mol. The Morgan fingerprint density at radius 2 is 1.86 bits per heavy atom. The first-order valence-corrected chi connectivity index (χ1v) is 7.93. The predicted molar refractivity (Wildman–Crippen MR) is 81.7 cm³/mol. The van der Waals surface area contributed by atoms with Crippen molar-refractivity contribution in [2.75, 3.05) is 13.1 Å². The van der Waals surface area contributed by atoms with Crippen molar-refractivity contribution >= 4 is 6.21 Å². The smallest absolute Gasteiger partial charge is 0.394 e. The lowest BCUT2D eigenvalue weighted by Crippen LogP contribution is -2.36. The lowest BCUT2D eigenvalue weighted by Gasteiger charge is -2.30. The quantitative estimate of drug-likeness (QED) is 0.736. The standard InChI is InChI=1S/C16H26F3N3/c1-4-22(11-7-12-13(8-11)15(12,2)3)6-5-10(9-20)14(21)16(17,18)19/h9,11-13,20H,4-8,21H2,1-3H3/b14-10-,20-9?/t11?,12-,13?/m1/s1.